The number of hydrogen-bond acceptors (Lipinski definition) is 5. The number of aromatic nitrogens is 4. The van der Waals surface area contributed by atoms with Gasteiger partial charge in [-0.05, 0) is 39.3 Å². The molecule has 0 unspecified atom stereocenters. The number of hydrogen-bond donors (Lipinski definition) is 2. The second-order valence-electron chi connectivity index (χ2n) is 8.39. The van der Waals surface area contributed by atoms with Crippen LogP contribution in [0.3, 0.4) is 0 Å². The maximum atomic E-state index is 12.7. The van der Waals surface area contributed by atoms with Crippen LogP contribution in [0, 0.1) is 13.8 Å². The van der Waals surface area contributed by atoms with Gasteiger partial charge < -0.3 is 11.1 Å². The van der Waals surface area contributed by atoms with Gasteiger partial charge in [-0.25, -0.2) is 14.6 Å². The van der Waals surface area contributed by atoms with Crippen LogP contribution in [0.4, 0.5) is 5.82 Å². The summed E-state index contributed by atoms with van der Waals surface area (Å²) in [5.74, 6) is 0.266. The second kappa shape index (κ2) is 7.83. The third kappa shape index (κ3) is 3.86. The first-order valence-corrected chi connectivity index (χ1v) is 10.2. The zero-order valence-electron chi connectivity index (χ0n) is 18.2. The lowest BCUT2D eigenvalue weighted by atomic mass is 10.0. The van der Waals surface area contributed by atoms with Crippen molar-refractivity contribution in [3.05, 3.63) is 71.5 Å². The number of aryl methyl sites for hydroxylation is 2. The minimum Gasteiger partial charge on any atom is -0.383 e. The van der Waals surface area contributed by atoms with Gasteiger partial charge in [0.1, 0.15) is 17.8 Å². The van der Waals surface area contributed by atoms with Crippen molar-refractivity contribution in [3.63, 3.8) is 0 Å². The number of nitrogens with two attached hydrogens (primary N) is 1. The van der Waals surface area contributed by atoms with E-state index in [0.29, 0.717) is 29.0 Å². The number of nitrogens with one attached hydrogen (secondary N) is 1. The summed E-state index contributed by atoms with van der Waals surface area (Å²) in [6.45, 7) is 8.35. The molecule has 0 saturated carbocycles. The van der Waals surface area contributed by atoms with Crippen LogP contribution in [0.25, 0.3) is 22.3 Å². The molecular formula is C24H26N6O. The van der Waals surface area contributed by atoms with Gasteiger partial charge in [0.25, 0.3) is 5.91 Å². The zero-order chi connectivity index (χ0) is 22.2. The summed E-state index contributed by atoms with van der Waals surface area (Å²) in [6, 6.07) is 15.6. The van der Waals surface area contributed by atoms with Crippen LogP contribution in [-0.4, -0.2) is 32.2 Å². The van der Waals surface area contributed by atoms with Crippen molar-refractivity contribution in [3.8, 4) is 11.3 Å². The first kappa shape index (κ1) is 20.5. The van der Waals surface area contributed by atoms with Gasteiger partial charge in [-0.15, -0.1) is 0 Å². The van der Waals surface area contributed by atoms with Crippen LogP contribution >= 0.6 is 0 Å². The van der Waals surface area contributed by atoms with E-state index in [9.17, 15) is 4.79 Å². The average Bonchev–Trinajstić information content (AvgIpc) is 3.15. The molecule has 0 spiro atoms. The molecule has 0 bridgehead atoms. The monoisotopic (exact) mass is 414 g/mol. The summed E-state index contributed by atoms with van der Waals surface area (Å²) in [5.41, 5.74) is 10.7. The van der Waals surface area contributed by atoms with Gasteiger partial charge in [0.15, 0.2) is 5.65 Å². The lowest BCUT2D eigenvalue weighted by molar-refractivity contribution is 0.0936. The molecule has 3 N–H and O–H groups in total. The number of benzene rings is 2. The molecule has 4 aromatic rings. The van der Waals surface area contributed by atoms with Crippen LogP contribution in [0.2, 0.25) is 0 Å². The van der Waals surface area contributed by atoms with Crippen molar-refractivity contribution in [2.75, 3.05) is 12.3 Å². The summed E-state index contributed by atoms with van der Waals surface area (Å²) < 4.78 is 1.83. The largest absolute Gasteiger partial charge is 0.383 e. The molecular weight excluding hydrogens is 388 g/mol. The Balaban J connectivity index is 1.71. The number of carbonyl (C=O) groups is 1. The lowest BCUT2D eigenvalue weighted by Crippen LogP contribution is -2.41. The Morgan fingerprint density at radius 3 is 2.48 bits per heavy atom. The third-order valence-electron chi connectivity index (χ3n) is 5.46. The average molecular weight is 415 g/mol. The minimum atomic E-state index is -0.555. The topological polar surface area (TPSA) is 98.7 Å². The summed E-state index contributed by atoms with van der Waals surface area (Å²) in [6.07, 6.45) is 1.44. The molecule has 7 nitrogen and oxygen atoms in total. The Labute approximate surface area is 181 Å². The fourth-order valence-electron chi connectivity index (χ4n) is 3.60. The molecule has 2 heterocycles. The van der Waals surface area contributed by atoms with Crippen molar-refractivity contribution >= 4 is 22.8 Å². The molecule has 2 aromatic carbocycles. The number of nitrogen functional groups attached to an aromatic ring is 1. The maximum absolute atomic E-state index is 12.7. The van der Waals surface area contributed by atoms with Crippen LogP contribution < -0.4 is 11.1 Å². The van der Waals surface area contributed by atoms with E-state index in [2.05, 4.69) is 15.3 Å². The highest BCUT2D eigenvalue weighted by molar-refractivity contribution is 5.98. The van der Waals surface area contributed by atoms with Gasteiger partial charge in [0.2, 0.25) is 0 Å². The molecule has 7 heteroatoms. The predicted molar refractivity (Wildman–Crippen MR) is 123 cm³/mol. The number of anilines is 1. The molecule has 0 aliphatic carbocycles. The number of amides is 1. The molecule has 0 radical (unpaired) electrons. The number of carbonyl (C=O) groups excluding carboxylic acids is 1. The van der Waals surface area contributed by atoms with E-state index < -0.39 is 5.54 Å². The summed E-state index contributed by atoms with van der Waals surface area (Å²) in [7, 11) is 0. The van der Waals surface area contributed by atoms with Gasteiger partial charge in [-0.1, -0.05) is 48.0 Å². The summed E-state index contributed by atoms with van der Waals surface area (Å²) in [4.78, 5) is 21.4. The fraction of sp³-hybridized carbons (Fsp3) is 0.250. The van der Waals surface area contributed by atoms with Crippen LogP contribution in [0.1, 0.15) is 35.3 Å². The van der Waals surface area contributed by atoms with Crippen molar-refractivity contribution in [2.24, 2.45) is 0 Å². The molecule has 4 rings (SSSR count). The Morgan fingerprint density at radius 1 is 1.06 bits per heavy atom. The Kier molecular flexibility index (Phi) is 5.19. The first-order chi connectivity index (χ1) is 14.8. The van der Waals surface area contributed by atoms with E-state index in [1.54, 1.807) is 0 Å². The van der Waals surface area contributed by atoms with E-state index in [-0.39, 0.29) is 5.91 Å². The van der Waals surface area contributed by atoms with Gasteiger partial charge >= 0.3 is 0 Å². The second-order valence-corrected chi connectivity index (χ2v) is 8.39. The SMILES string of the molecule is Cc1ccc(-c2nn(C(C)(C)CNC(=O)c3ccccc3C)c3ncnc(N)c23)cc1. The van der Waals surface area contributed by atoms with Crippen molar-refractivity contribution < 1.29 is 4.79 Å². The first-order valence-electron chi connectivity index (χ1n) is 10.2. The molecule has 0 fully saturated rings. The van der Waals surface area contributed by atoms with Crippen molar-refractivity contribution in [1.82, 2.24) is 25.1 Å². The fourth-order valence-corrected chi connectivity index (χ4v) is 3.60. The molecule has 1 amide bonds. The highest BCUT2D eigenvalue weighted by Crippen LogP contribution is 2.33. The zero-order valence-corrected chi connectivity index (χ0v) is 18.2. The van der Waals surface area contributed by atoms with Crippen LogP contribution in [0.15, 0.2) is 54.9 Å². The van der Waals surface area contributed by atoms with E-state index in [4.69, 9.17) is 10.8 Å². The van der Waals surface area contributed by atoms with Crippen LogP contribution in [-0.2, 0) is 5.54 Å². The quantitative estimate of drug-likeness (QED) is 0.517. The highest BCUT2D eigenvalue weighted by atomic mass is 16.1. The van der Waals surface area contributed by atoms with Crippen LogP contribution in [0.5, 0.6) is 0 Å². The van der Waals surface area contributed by atoms with E-state index >= 15 is 0 Å². The predicted octanol–water partition coefficient (Wildman–Crippen LogP) is 3.86. The normalized spacial score (nSPS) is 11.6. The number of nitrogens with zero attached hydrogens (tertiary/aromatic N) is 4. The summed E-state index contributed by atoms with van der Waals surface area (Å²) >= 11 is 0. The van der Waals surface area contributed by atoms with E-state index in [1.807, 2.05) is 80.9 Å². The molecule has 0 aliphatic heterocycles. The smallest absolute Gasteiger partial charge is 0.251 e. The number of rotatable bonds is 5. The van der Waals surface area contributed by atoms with E-state index in [0.717, 1.165) is 22.4 Å². The molecule has 0 atom stereocenters. The molecule has 0 aliphatic rings. The Hall–Kier alpha value is -3.74. The van der Waals surface area contributed by atoms with Crippen molar-refractivity contribution in [2.45, 2.75) is 33.2 Å². The summed E-state index contributed by atoms with van der Waals surface area (Å²) in [5, 5.41) is 8.63. The maximum Gasteiger partial charge on any atom is 0.251 e. The lowest BCUT2D eigenvalue weighted by Gasteiger charge is -2.26. The molecule has 158 valence electrons. The van der Waals surface area contributed by atoms with Gasteiger partial charge in [-0.2, -0.15) is 5.10 Å². The highest BCUT2D eigenvalue weighted by Gasteiger charge is 2.28. The number of fused-ring (bicyclic) bond motifs is 1. The van der Waals surface area contributed by atoms with Gasteiger partial charge in [0.05, 0.1) is 10.9 Å². The van der Waals surface area contributed by atoms with Gasteiger partial charge in [0, 0.05) is 17.7 Å². The van der Waals surface area contributed by atoms with E-state index in [1.165, 1.54) is 6.33 Å². The molecule has 2 aromatic heterocycles. The standard InChI is InChI=1S/C24H26N6O/c1-15-9-11-17(12-10-15)20-19-21(25)27-14-28-22(19)30(29-20)24(3,4)13-26-23(31)18-8-6-5-7-16(18)2/h5-12,14H,13H2,1-4H3,(H,26,31)(H2,25,27,28). The van der Waals surface area contributed by atoms with Crippen molar-refractivity contribution in [1.29, 1.82) is 0 Å². The Morgan fingerprint density at radius 2 is 1.77 bits per heavy atom. The third-order valence-corrected chi connectivity index (χ3v) is 5.46. The molecule has 31 heavy (non-hydrogen) atoms. The van der Waals surface area contributed by atoms with Gasteiger partial charge in [-0.3, -0.25) is 4.79 Å². The molecule has 0 saturated heterocycles. The minimum absolute atomic E-state index is 0.115. The Bertz CT molecular complexity index is 1260.